The van der Waals surface area contributed by atoms with Crippen molar-refractivity contribution in [3.63, 3.8) is 0 Å². The number of amides is 3. The van der Waals surface area contributed by atoms with Gasteiger partial charge in [0.25, 0.3) is 5.91 Å². The third-order valence-electron chi connectivity index (χ3n) is 5.51. The molecule has 32 heavy (non-hydrogen) atoms. The Hall–Kier alpha value is -3.94. The maximum Gasteiger partial charge on any atom is 0.277 e. The molecule has 8 nitrogen and oxygen atoms in total. The Morgan fingerprint density at radius 2 is 1.78 bits per heavy atom. The molecular weight excluding hydrogens is 406 g/mol. The van der Waals surface area contributed by atoms with Crippen LogP contribution < -0.4 is 15.5 Å². The monoisotopic (exact) mass is 431 g/mol. The van der Waals surface area contributed by atoms with Gasteiger partial charge in [-0.25, -0.2) is 0 Å². The molecule has 0 bridgehead atoms. The normalized spacial score (nSPS) is 17.6. The fraction of sp³-hybridized carbons (Fsp3) is 0.250. The summed E-state index contributed by atoms with van der Waals surface area (Å²) in [5.74, 6) is -0.766. The molecule has 3 aromatic rings. The molecule has 1 aromatic heterocycles. The number of carbonyl (C=O) groups is 3. The fourth-order valence-corrected chi connectivity index (χ4v) is 3.98. The van der Waals surface area contributed by atoms with Crippen LogP contribution in [0.2, 0.25) is 0 Å². The molecule has 4 rings (SSSR count). The van der Waals surface area contributed by atoms with Gasteiger partial charge in [-0.2, -0.15) is 5.10 Å². The van der Waals surface area contributed by atoms with Crippen molar-refractivity contribution in [2.45, 2.75) is 39.4 Å². The van der Waals surface area contributed by atoms with E-state index in [0.29, 0.717) is 29.3 Å². The predicted octanol–water partition coefficient (Wildman–Crippen LogP) is 2.89. The molecule has 3 amide bonds. The van der Waals surface area contributed by atoms with E-state index < -0.39 is 5.54 Å². The zero-order valence-corrected chi connectivity index (χ0v) is 18.3. The third-order valence-corrected chi connectivity index (χ3v) is 5.51. The van der Waals surface area contributed by atoms with Gasteiger partial charge in [0.15, 0.2) is 0 Å². The quantitative estimate of drug-likeness (QED) is 0.649. The lowest BCUT2D eigenvalue weighted by Crippen LogP contribution is -2.64. The smallest absolute Gasteiger partial charge is 0.277 e. The van der Waals surface area contributed by atoms with Crippen LogP contribution in [0.1, 0.15) is 35.6 Å². The molecule has 2 aromatic carbocycles. The van der Waals surface area contributed by atoms with Crippen LogP contribution in [0.15, 0.2) is 60.7 Å². The van der Waals surface area contributed by atoms with Crippen LogP contribution >= 0.6 is 0 Å². The highest BCUT2D eigenvalue weighted by molar-refractivity contribution is 6.11. The van der Waals surface area contributed by atoms with Crippen molar-refractivity contribution in [3.8, 4) is 0 Å². The Bertz CT molecular complexity index is 1170. The highest BCUT2D eigenvalue weighted by Crippen LogP contribution is 2.33. The van der Waals surface area contributed by atoms with E-state index in [4.69, 9.17) is 0 Å². The average molecular weight is 431 g/mol. The number of benzene rings is 2. The second-order valence-corrected chi connectivity index (χ2v) is 8.14. The molecule has 164 valence electrons. The number of carbonyl (C=O) groups excluding carboxylic acids is 3. The van der Waals surface area contributed by atoms with E-state index in [9.17, 15) is 14.4 Å². The molecule has 1 aliphatic heterocycles. The highest BCUT2D eigenvalue weighted by atomic mass is 16.2. The van der Waals surface area contributed by atoms with Crippen molar-refractivity contribution in [1.82, 2.24) is 15.1 Å². The zero-order chi connectivity index (χ0) is 22.9. The largest absolute Gasteiger partial charge is 0.350 e. The molecule has 8 heteroatoms. The lowest BCUT2D eigenvalue weighted by Gasteiger charge is -2.43. The van der Waals surface area contributed by atoms with Crippen LogP contribution in [-0.4, -0.2) is 33.0 Å². The van der Waals surface area contributed by atoms with E-state index in [1.807, 2.05) is 37.3 Å². The summed E-state index contributed by atoms with van der Waals surface area (Å²) in [6.45, 7) is 5.56. The Kier molecular flexibility index (Phi) is 5.52. The minimum Gasteiger partial charge on any atom is -0.350 e. The Morgan fingerprint density at radius 1 is 1.09 bits per heavy atom. The molecule has 0 aliphatic carbocycles. The van der Waals surface area contributed by atoms with Gasteiger partial charge in [0.1, 0.15) is 11.2 Å². The minimum atomic E-state index is -1.20. The number of hydrogen-bond acceptors (Lipinski definition) is 4. The van der Waals surface area contributed by atoms with Crippen LogP contribution in [0.3, 0.4) is 0 Å². The fourth-order valence-electron chi connectivity index (χ4n) is 3.98. The zero-order valence-electron chi connectivity index (χ0n) is 18.3. The van der Waals surface area contributed by atoms with Gasteiger partial charge >= 0.3 is 0 Å². The summed E-state index contributed by atoms with van der Waals surface area (Å²) >= 11 is 0. The van der Waals surface area contributed by atoms with Gasteiger partial charge in [-0.15, -0.1) is 0 Å². The maximum absolute atomic E-state index is 13.5. The van der Waals surface area contributed by atoms with Gasteiger partial charge in [0, 0.05) is 24.8 Å². The number of hydrogen-bond donors (Lipinski definition) is 2. The minimum absolute atomic E-state index is 0.184. The first-order valence-corrected chi connectivity index (χ1v) is 10.4. The summed E-state index contributed by atoms with van der Waals surface area (Å²) in [5.41, 5.74) is 2.08. The van der Waals surface area contributed by atoms with Gasteiger partial charge in [-0.05, 0) is 49.7 Å². The molecule has 0 unspecified atom stereocenters. The Balaban J connectivity index is 1.69. The SMILES string of the molecule is CC(=O)Nc1ccc(N2C(=O)c3cc(C)nn3C[C@]2(C)C(=O)NCc2ccccc2)cc1. The lowest BCUT2D eigenvalue weighted by atomic mass is 9.93. The van der Waals surface area contributed by atoms with Crippen LogP contribution in [-0.2, 0) is 22.7 Å². The van der Waals surface area contributed by atoms with Crippen LogP contribution in [0.25, 0.3) is 0 Å². The maximum atomic E-state index is 13.5. The first kappa shape index (κ1) is 21.3. The van der Waals surface area contributed by atoms with Crippen molar-refractivity contribution in [2.75, 3.05) is 10.2 Å². The number of nitrogens with one attached hydrogen (secondary N) is 2. The molecule has 0 fully saturated rings. The molecule has 0 spiro atoms. The molecule has 0 saturated heterocycles. The van der Waals surface area contributed by atoms with Crippen LogP contribution in [0.5, 0.6) is 0 Å². The Labute approximate surface area is 186 Å². The molecule has 0 radical (unpaired) electrons. The van der Waals surface area contributed by atoms with E-state index in [0.717, 1.165) is 5.56 Å². The van der Waals surface area contributed by atoms with E-state index >= 15 is 0 Å². The van der Waals surface area contributed by atoms with Gasteiger partial charge in [-0.3, -0.25) is 24.0 Å². The standard InChI is InChI=1S/C24H25N5O3/c1-16-13-21-22(31)29(20-11-9-19(10-12-20)26-17(2)30)24(3,15-28(21)27-16)23(32)25-14-18-7-5-4-6-8-18/h4-13H,14-15H2,1-3H3,(H,25,32)(H,26,30)/t24-/m1/s1. The summed E-state index contributed by atoms with van der Waals surface area (Å²) in [7, 11) is 0. The van der Waals surface area contributed by atoms with Gasteiger partial charge < -0.3 is 10.6 Å². The van der Waals surface area contributed by atoms with Crippen molar-refractivity contribution >= 4 is 29.1 Å². The van der Waals surface area contributed by atoms with Crippen molar-refractivity contribution in [1.29, 1.82) is 0 Å². The predicted molar refractivity (Wildman–Crippen MR) is 121 cm³/mol. The lowest BCUT2D eigenvalue weighted by molar-refractivity contribution is -0.126. The number of fused-ring (bicyclic) bond motifs is 1. The topological polar surface area (TPSA) is 96.3 Å². The van der Waals surface area contributed by atoms with E-state index in [1.54, 1.807) is 41.9 Å². The number of aromatic nitrogens is 2. The average Bonchev–Trinajstić information content (AvgIpc) is 3.13. The molecule has 1 aliphatic rings. The van der Waals surface area contributed by atoms with Crippen molar-refractivity contribution < 1.29 is 14.4 Å². The third kappa shape index (κ3) is 3.99. The van der Waals surface area contributed by atoms with Gasteiger partial charge in [0.05, 0.1) is 12.2 Å². The first-order chi connectivity index (χ1) is 15.3. The number of nitrogens with zero attached hydrogens (tertiary/aromatic N) is 3. The molecule has 2 N–H and O–H groups in total. The number of rotatable bonds is 5. The molecule has 0 saturated carbocycles. The second-order valence-electron chi connectivity index (χ2n) is 8.14. The second kappa shape index (κ2) is 8.30. The molecule has 1 atom stereocenters. The number of anilines is 2. The van der Waals surface area contributed by atoms with Gasteiger partial charge in [0.2, 0.25) is 11.8 Å². The first-order valence-electron chi connectivity index (χ1n) is 10.4. The highest BCUT2D eigenvalue weighted by Gasteiger charge is 2.48. The van der Waals surface area contributed by atoms with Gasteiger partial charge in [-0.1, -0.05) is 30.3 Å². The summed E-state index contributed by atoms with van der Waals surface area (Å²) in [4.78, 5) is 39.8. The van der Waals surface area contributed by atoms with Crippen molar-refractivity contribution in [2.24, 2.45) is 0 Å². The Morgan fingerprint density at radius 3 is 2.44 bits per heavy atom. The van der Waals surface area contributed by atoms with E-state index in [-0.39, 0.29) is 24.3 Å². The van der Waals surface area contributed by atoms with Crippen LogP contribution in [0.4, 0.5) is 11.4 Å². The summed E-state index contributed by atoms with van der Waals surface area (Å²) in [5, 5.41) is 10.1. The van der Waals surface area contributed by atoms with E-state index in [2.05, 4.69) is 15.7 Å². The summed E-state index contributed by atoms with van der Waals surface area (Å²) in [6.07, 6.45) is 0. The molecule has 2 heterocycles. The molecular formula is C24H25N5O3. The summed E-state index contributed by atoms with van der Waals surface area (Å²) in [6, 6.07) is 18.2. The summed E-state index contributed by atoms with van der Waals surface area (Å²) < 4.78 is 1.60. The number of aryl methyl sites for hydroxylation is 1. The van der Waals surface area contributed by atoms with Crippen LogP contribution in [0, 0.1) is 6.92 Å². The van der Waals surface area contributed by atoms with Crippen molar-refractivity contribution in [3.05, 3.63) is 77.6 Å². The van der Waals surface area contributed by atoms with E-state index in [1.165, 1.54) is 11.8 Å².